The van der Waals surface area contributed by atoms with Crippen LogP contribution in [-0.4, -0.2) is 33.9 Å². The van der Waals surface area contributed by atoms with Gasteiger partial charge in [0, 0.05) is 12.4 Å². The van der Waals surface area contributed by atoms with Crippen molar-refractivity contribution in [1.82, 2.24) is 15.3 Å². The molecule has 1 heterocycles. The maximum Gasteiger partial charge on any atom is 0.243 e. The highest BCUT2D eigenvalue weighted by Gasteiger charge is 2.01. The van der Waals surface area contributed by atoms with Gasteiger partial charge in [-0.05, 0) is 6.92 Å². The molecule has 0 atom stereocenters. The van der Waals surface area contributed by atoms with Crippen LogP contribution in [0.15, 0.2) is 12.4 Å². The number of nitrogens with one attached hydrogen (secondary N) is 2. The number of hydrogen-bond donors (Lipinski definition) is 2. The van der Waals surface area contributed by atoms with Crippen molar-refractivity contribution < 1.29 is 3.98 Å². The van der Waals surface area contributed by atoms with Gasteiger partial charge in [0.25, 0.3) is 0 Å². The van der Waals surface area contributed by atoms with Gasteiger partial charge in [-0.2, -0.15) is 0 Å². The standard InChI is InChI=1S/C8H14N4S/c1-3-12(7-9-2)13-6-8-10-4-5-11-8/h4-5,7H,3,6H2,1-2H3,(H,10,11)/p+1. The molecular formula is C8H15N4S+. The summed E-state index contributed by atoms with van der Waals surface area (Å²) in [6, 6.07) is 0. The van der Waals surface area contributed by atoms with Gasteiger partial charge in [0.15, 0.2) is 0 Å². The molecule has 0 amide bonds. The number of nitrogens with zero attached hydrogens (tertiary/aromatic N) is 2. The zero-order chi connectivity index (χ0) is 9.52. The summed E-state index contributed by atoms with van der Waals surface area (Å²) < 4.78 is 2.13. The topological polar surface area (TPSA) is 43.7 Å². The molecule has 0 bridgehead atoms. The Morgan fingerprint density at radius 1 is 1.77 bits per heavy atom. The maximum absolute atomic E-state index is 4.15. The molecular weight excluding hydrogens is 184 g/mol. The summed E-state index contributed by atoms with van der Waals surface area (Å²) in [5.74, 6) is 1.88. The van der Waals surface area contributed by atoms with Crippen molar-refractivity contribution in [3.05, 3.63) is 18.2 Å². The second-order valence-corrected chi connectivity index (χ2v) is 3.48. The second kappa shape index (κ2) is 5.64. The maximum atomic E-state index is 4.15. The first-order valence-electron chi connectivity index (χ1n) is 4.25. The molecule has 1 rings (SSSR count). The number of aromatic amines is 1. The Kier molecular flexibility index (Phi) is 4.39. The normalized spacial score (nSPS) is 11.7. The van der Waals surface area contributed by atoms with Crippen LogP contribution in [0.5, 0.6) is 0 Å². The van der Waals surface area contributed by atoms with E-state index in [9.17, 15) is 0 Å². The van der Waals surface area contributed by atoms with Crippen LogP contribution in [0, 0.1) is 0 Å². The van der Waals surface area contributed by atoms with E-state index < -0.39 is 0 Å². The lowest BCUT2D eigenvalue weighted by atomic mass is 10.7. The highest BCUT2D eigenvalue weighted by atomic mass is 32.2. The monoisotopic (exact) mass is 199 g/mol. The molecule has 0 aromatic carbocycles. The fraction of sp³-hybridized carbons (Fsp3) is 0.500. The van der Waals surface area contributed by atoms with E-state index in [2.05, 4.69) is 26.2 Å². The first-order valence-corrected chi connectivity index (χ1v) is 5.19. The summed E-state index contributed by atoms with van der Waals surface area (Å²) in [7, 11) is 1.90. The lowest BCUT2D eigenvalue weighted by molar-refractivity contribution is -0.339. The fourth-order valence-corrected chi connectivity index (χ4v) is 1.69. The average Bonchev–Trinajstić information content (AvgIpc) is 2.64. The van der Waals surface area contributed by atoms with Gasteiger partial charge in [0.2, 0.25) is 6.34 Å². The molecule has 0 fully saturated rings. The molecule has 0 spiro atoms. The van der Waals surface area contributed by atoms with Crippen LogP contribution in [-0.2, 0) is 5.75 Å². The van der Waals surface area contributed by atoms with Gasteiger partial charge in [-0.3, -0.25) is 5.32 Å². The number of H-pyrrole nitrogens is 1. The van der Waals surface area contributed by atoms with Gasteiger partial charge in [-0.15, -0.1) is 0 Å². The highest BCUT2D eigenvalue weighted by Crippen LogP contribution is 2.07. The minimum absolute atomic E-state index is 0.874. The summed E-state index contributed by atoms with van der Waals surface area (Å²) in [5.41, 5.74) is 0. The molecule has 5 heteroatoms. The minimum Gasteiger partial charge on any atom is -0.348 e. The molecule has 4 nitrogen and oxygen atoms in total. The van der Waals surface area contributed by atoms with Gasteiger partial charge >= 0.3 is 0 Å². The van der Waals surface area contributed by atoms with Crippen LogP contribution in [0.4, 0.5) is 0 Å². The van der Waals surface area contributed by atoms with Crippen LogP contribution >= 0.6 is 11.9 Å². The van der Waals surface area contributed by atoms with Crippen LogP contribution in [0.2, 0.25) is 0 Å². The molecule has 0 saturated heterocycles. The van der Waals surface area contributed by atoms with Crippen molar-refractivity contribution >= 4 is 18.3 Å². The Bertz CT molecular complexity index is 255. The molecule has 13 heavy (non-hydrogen) atoms. The molecule has 0 saturated carbocycles. The Labute approximate surface area is 82.6 Å². The van der Waals surface area contributed by atoms with Crippen molar-refractivity contribution in [2.45, 2.75) is 12.7 Å². The summed E-state index contributed by atoms with van der Waals surface area (Å²) in [5, 5.41) is 3.00. The quantitative estimate of drug-likeness (QED) is 0.320. The van der Waals surface area contributed by atoms with Crippen molar-refractivity contribution in [3.8, 4) is 0 Å². The van der Waals surface area contributed by atoms with Crippen LogP contribution in [0.1, 0.15) is 12.7 Å². The smallest absolute Gasteiger partial charge is 0.243 e. The predicted molar refractivity (Wildman–Crippen MR) is 55.8 cm³/mol. The predicted octanol–water partition coefficient (Wildman–Crippen LogP) is 0.838. The lowest BCUT2D eigenvalue weighted by Gasteiger charge is -1.99. The van der Waals surface area contributed by atoms with Crippen LogP contribution in [0.3, 0.4) is 0 Å². The Morgan fingerprint density at radius 2 is 2.62 bits per heavy atom. The van der Waals surface area contributed by atoms with E-state index in [-0.39, 0.29) is 0 Å². The average molecular weight is 199 g/mol. The Hall–Kier alpha value is -0.970. The fourth-order valence-electron chi connectivity index (χ4n) is 0.885. The number of hydrogen-bond acceptors (Lipinski definition) is 2. The van der Waals surface area contributed by atoms with Crippen molar-refractivity contribution in [2.24, 2.45) is 0 Å². The molecule has 0 aliphatic carbocycles. The Morgan fingerprint density at radius 3 is 3.15 bits per heavy atom. The largest absolute Gasteiger partial charge is 0.348 e. The minimum atomic E-state index is 0.874. The van der Waals surface area contributed by atoms with E-state index in [1.165, 1.54) is 0 Å². The van der Waals surface area contributed by atoms with Gasteiger partial charge in [-0.1, -0.05) is 0 Å². The van der Waals surface area contributed by atoms with Gasteiger partial charge < -0.3 is 4.98 Å². The van der Waals surface area contributed by atoms with Crippen molar-refractivity contribution in [2.75, 3.05) is 13.6 Å². The van der Waals surface area contributed by atoms with E-state index in [1.54, 1.807) is 18.1 Å². The molecule has 2 N–H and O–H groups in total. The van der Waals surface area contributed by atoms with Gasteiger partial charge in [0.05, 0.1) is 31.3 Å². The van der Waals surface area contributed by atoms with E-state index in [0.29, 0.717) is 0 Å². The third-order valence-corrected chi connectivity index (χ3v) is 2.60. The molecule has 72 valence electrons. The molecule has 0 aliphatic heterocycles. The SMILES string of the molecule is CC[N+](=CNC)SCc1ncc[nH]1. The van der Waals surface area contributed by atoms with Crippen LogP contribution < -0.4 is 5.32 Å². The van der Waals surface area contributed by atoms with Crippen molar-refractivity contribution in [1.29, 1.82) is 0 Å². The first-order chi connectivity index (χ1) is 6.36. The van der Waals surface area contributed by atoms with Crippen LogP contribution in [0.25, 0.3) is 0 Å². The Balaban J connectivity index is 2.36. The summed E-state index contributed by atoms with van der Waals surface area (Å²) in [4.78, 5) is 7.21. The summed E-state index contributed by atoms with van der Waals surface area (Å²) in [6.07, 6.45) is 5.57. The van der Waals surface area contributed by atoms with E-state index in [1.807, 2.05) is 19.6 Å². The van der Waals surface area contributed by atoms with Crippen molar-refractivity contribution in [3.63, 3.8) is 0 Å². The number of imidazole rings is 1. The third-order valence-electron chi connectivity index (χ3n) is 1.51. The molecule has 0 radical (unpaired) electrons. The van der Waals surface area contributed by atoms with Gasteiger partial charge in [0.1, 0.15) is 5.82 Å². The van der Waals surface area contributed by atoms with E-state index in [4.69, 9.17) is 0 Å². The lowest BCUT2D eigenvalue weighted by Crippen LogP contribution is -2.14. The number of aromatic nitrogens is 2. The zero-order valence-corrected chi connectivity index (χ0v) is 8.77. The zero-order valence-electron chi connectivity index (χ0n) is 7.95. The molecule has 1 aromatic rings. The summed E-state index contributed by atoms with van der Waals surface area (Å²) in [6.45, 7) is 3.09. The molecule has 1 aromatic heterocycles. The molecule has 0 aliphatic rings. The molecule has 0 unspecified atom stereocenters. The van der Waals surface area contributed by atoms with Gasteiger partial charge in [-0.25, -0.2) is 8.96 Å². The van der Waals surface area contributed by atoms with E-state index >= 15 is 0 Å². The highest BCUT2D eigenvalue weighted by molar-refractivity contribution is 7.92. The van der Waals surface area contributed by atoms with E-state index in [0.717, 1.165) is 18.1 Å². The second-order valence-electron chi connectivity index (χ2n) is 2.46. The third kappa shape index (κ3) is 3.50. The first kappa shape index (κ1) is 10.1. The number of rotatable bonds is 5. The summed E-state index contributed by atoms with van der Waals surface area (Å²) >= 11 is 1.73.